The SMILES string of the molecule is CCC1C=CC(c2cc(C#N)ccc2-n2c3ccccc3c3ccccc32)=C(N2c3ccccc3C3C=CC=CC32)C1. The topological polar surface area (TPSA) is 32.0 Å². The van der Waals surface area contributed by atoms with Crippen LogP contribution in [0.25, 0.3) is 33.1 Å². The minimum Gasteiger partial charge on any atom is -0.336 e. The standard InChI is InChI=1S/C39H31N3/c1-2-26-19-21-32(39(24-26)42-36-17-9-5-13-30(36)31-14-6-10-18-37(31)42)33-23-27(25-40)20-22-38(33)41-34-15-7-3-11-28(34)29-12-4-8-16-35(29)41/h3-23,26,30,36H,2,24H2,1H3. The van der Waals surface area contributed by atoms with E-state index in [1.54, 1.807) is 0 Å². The lowest BCUT2D eigenvalue weighted by atomic mass is 9.86. The number of para-hydroxylation sites is 3. The lowest BCUT2D eigenvalue weighted by Gasteiger charge is -2.36. The summed E-state index contributed by atoms with van der Waals surface area (Å²) in [5, 5.41) is 12.5. The van der Waals surface area contributed by atoms with Gasteiger partial charge in [0.25, 0.3) is 0 Å². The van der Waals surface area contributed by atoms with E-state index in [9.17, 15) is 5.26 Å². The molecule has 1 aliphatic heterocycles. The largest absolute Gasteiger partial charge is 0.336 e. The van der Waals surface area contributed by atoms with E-state index in [-0.39, 0.29) is 6.04 Å². The van der Waals surface area contributed by atoms with Crippen molar-refractivity contribution in [3.05, 3.63) is 150 Å². The fourth-order valence-corrected chi connectivity index (χ4v) is 7.31. The molecule has 202 valence electrons. The second-order valence-electron chi connectivity index (χ2n) is 11.5. The van der Waals surface area contributed by atoms with E-state index in [1.807, 2.05) is 6.07 Å². The number of anilines is 1. The minimum atomic E-state index is 0.234. The lowest BCUT2D eigenvalue weighted by molar-refractivity contribution is 0.589. The Bertz CT molecular complexity index is 1990. The van der Waals surface area contributed by atoms with Gasteiger partial charge in [0.05, 0.1) is 34.4 Å². The first-order valence-electron chi connectivity index (χ1n) is 14.9. The lowest BCUT2D eigenvalue weighted by Crippen LogP contribution is -2.34. The van der Waals surface area contributed by atoms with E-state index in [0.29, 0.717) is 17.4 Å². The molecule has 1 aromatic heterocycles. The molecule has 3 aliphatic rings. The molecule has 5 aromatic rings. The van der Waals surface area contributed by atoms with Crippen molar-refractivity contribution in [3.8, 4) is 11.8 Å². The summed E-state index contributed by atoms with van der Waals surface area (Å²) in [6.45, 7) is 2.28. The number of hydrogen-bond acceptors (Lipinski definition) is 2. The second kappa shape index (κ2) is 9.79. The summed E-state index contributed by atoms with van der Waals surface area (Å²) >= 11 is 0. The van der Waals surface area contributed by atoms with Gasteiger partial charge in [-0.1, -0.05) is 98.0 Å². The number of benzene rings is 4. The van der Waals surface area contributed by atoms with Crippen molar-refractivity contribution >= 4 is 33.1 Å². The van der Waals surface area contributed by atoms with Gasteiger partial charge >= 0.3 is 0 Å². The Balaban J connectivity index is 1.43. The molecule has 0 saturated carbocycles. The van der Waals surface area contributed by atoms with Gasteiger partial charge in [-0.15, -0.1) is 0 Å². The maximum Gasteiger partial charge on any atom is 0.0991 e. The van der Waals surface area contributed by atoms with Gasteiger partial charge in [-0.2, -0.15) is 5.26 Å². The molecule has 0 saturated heterocycles. The van der Waals surface area contributed by atoms with Crippen LogP contribution >= 0.6 is 0 Å². The predicted molar refractivity (Wildman–Crippen MR) is 174 cm³/mol. The van der Waals surface area contributed by atoms with Crippen LogP contribution in [-0.4, -0.2) is 10.6 Å². The monoisotopic (exact) mass is 541 g/mol. The fraction of sp³-hybridized carbons (Fsp3) is 0.154. The Kier molecular flexibility index (Phi) is 5.76. The van der Waals surface area contributed by atoms with Crippen LogP contribution in [-0.2, 0) is 0 Å². The van der Waals surface area contributed by atoms with Crippen LogP contribution in [0.4, 0.5) is 5.69 Å². The second-order valence-corrected chi connectivity index (χ2v) is 11.5. The summed E-state index contributed by atoms with van der Waals surface area (Å²) in [4.78, 5) is 2.59. The average molecular weight is 542 g/mol. The summed E-state index contributed by atoms with van der Waals surface area (Å²) in [6.07, 6.45) is 15.8. The average Bonchev–Trinajstić information content (AvgIpc) is 3.57. The van der Waals surface area contributed by atoms with Crippen molar-refractivity contribution in [1.82, 2.24) is 4.57 Å². The first-order chi connectivity index (χ1) is 20.8. The van der Waals surface area contributed by atoms with E-state index in [2.05, 4.69) is 144 Å². The van der Waals surface area contributed by atoms with E-state index in [4.69, 9.17) is 0 Å². The van der Waals surface area contributed by atoms with Gasteiger partial charge in [-0.3, -0.25) is 0 Å². The highest BCUT2D eigenvalue weighted by Crippen LogP contribution is 2.49. The zero-order chi connectivity index (χ0) is 28.2. The molecule has 8 rings (SSSR count). The Morgan fingerprint density at radius 3 is 2.26 bits per heavy atom. The van der Waals surface area contributed by atoms with Crippen molar-refractivity contribution < 1.29 is 0 Å². The van der Waals surface area contributed by atoms with E-state index in [1.165, 1.54) is 44.3 Å². The minimum absolute atomic E-state index is 0.234. The van der Waals surface area contributed by atoms with Crippen LogP contribution in [0.2, 0.25) is 0 Å². The summed E-state index contributed by atoms with van der Waals surface area (Å²) < 4.78 is 2.38. The van der Waals surface area contributed by atoms with Crippen LogP contribution in [0.15, 0.2) is 133 Å². The van der Waals surface area contributed by atoms with Crippen LogP contribution in [0.3, 0.4) is 0 Å². The van der Waals surface area contributed by atoms with Gasteiger partial charge in [-0.05, 0) is 60.7 Å². The summed E-state index contributed by atoms with van der Waals surface area (Å²) in [5.41, 5.74) is 10.4. The van der Waals surface area contributed by atoms with Crippen LogP contribution in [0.5, 0.6) is 0 Å². The Morgan fingerprint density at radius 2 is 1.50 bits per heavy atom. The molecule has 0 fully saturated rings. The molecule has 0 spiro atoms. The Labute approximate surface area is 246 Å². The fourth-order valence-electron chi connectivity index (χ4n) is 7.31. The normalized spacial score (nSPS) is 20.8. The number of aromatic nitrogens is 1. The number of fused-ring (bicyclic) bond motifs is 6. The quantitative estimate of drug-likeness (QED) is 0.227. The van der Waals surface area contributed by atoms with Gasteiger partial charge in [0.1, 0.15) is 0 Å². The number of nitriles is 1. The molecule has 3 nitrogen and oxygen atoms in total. The molecular weight excluding hydrogens is 510 g/mol. The van der Waals surface area contributed by atoms with Crippen LogP contribution in [0, 0.1) is 17.2 Å². The van der Waals surface area contributed by atoms with Crippen molar-refractivity contribution in [3.63, 3.8) is 0 Å². The van der Waals surface area contributed by atoms with Crippen molar-refractivity contribution in [2.75, 3.05) is 4.90 Å². The molecule has 3 heteroatoms. The van der Waals surface area contributed by atoms with E-state index in [0.717, 1.165) is 24.1 Å². The van der Waals surface area contributed by atoms with Gasteiger partial charge in [0.2, 0.25) is 0 Å². The Hall–Kier alpha value is -5.07. The molecule has 0 bridgehead atoms. The highest BCUT2D eigenvalue weighted by Gasteiger charge is 2.39. The van der Waals surface area contributed by atoms with Crippen molar-refractivity contribution in [2.45, 2.75) is 31.7 Å². The van der Waals surface area contributed by atoms with Gasteiger partial charge in [0.15, 0.2) is 0 Å². The highest BCUT2D eigenvalue weighted by molar-refractivity contribution is 6.09. The molecule has 4 aromatic carbocycles. The van der Waals surface area contributed by atoms with E-state index < -0.39 is 0 Å². The molecule has 3 unspecified atom stereocenters. The first kappa shape index (κ1) is 24.7. The zero-order valence-corrected chi connectivity index (χ0v) is 23.6. The third-order valence-electron chi connectivity index (χ3n) is 9.31. The number of allylic oxidation sites excluding steroid dienone is 6. The molecule has 42 heavy (non-hydrogen) atoms. The summed E-state index contributed by atoms with van der Waals surface area (Å²) in [5.74, 6) is 0.794. The first-order valence-corrected chi connectivity index (χ1v) is 14.9. The number of rotatable bonds is 4. The number of nitrogens with zero attached hydrogens (tertiary/aromatic N) is 3. The maximum absolute atomic E-state index is 10.0. The van der Waals surface area contributed by atoms with Crippen LogP contribution < -0.4 is 4.90 Å². The molecule has 0 amide bonds. The molecule has 0 N–H and O–H groups in total. The zero-order valence-electron chi connectivity index (χ0n) is 23.6. The smallest absolute Gasteiger partial charge is 0.0991 e. The third-order valence-corrected chi connectivity index (χ3v) is 9.31. The highest BCUT2D eigenvalue weighted by atomic mass is 15.2. The van der Waals surface area contributed by atoms with Crippen LogP contribution in [0.1, 0.15) is 42.4 Å². The molecule has 3 atom stereocenters. The van der Waals surface area contributed by atoms with Gasteiger partial charge < -0.3 is 9.47 Å². The summed E-state index contributed by atoms with van der Waals surface area (Å²) in [6, 6.07) is 35.0. The third kappa shape index (κ3) is 3.65. The van der Waals surface area contributed by atoms with Crippen molar-refractivity contribution in [1.29, 1.82) is 5.26 Å². The number of hydrogen-bond donors (Lipinski definition) is 0. The van der Waals surface area contributed by atoms with Gasteiger partial charge in [0, 0.05) is 39.2 Å². The molecule has 2 heterocycles. The maximum atomic E-state index is 10.0. The van der Waals surface area contributed by atoms with Gasteiger partial charge in [-0.25, -0.2) is 0 Å². The van der Waals surface area contributed by atoms with E-state index >= 15 is 0 Å². The summed E-state index contributed by atoms with van der Waals surface area (Å²) in [7, 11) is 0. The Morgan fingerprint density at radius 1 is 0.786 bits per heavy atom. The van der Waals surface area contributed by atoms with Crippen molar-refractivity contribution in [2.24, 2.45) is 5.92 Å². The molecular formula is C39H31N3. The predicted octanol–water partition coefficient (Wildman–Crippen LogP) is 9.45. The molecule has 2 aliphatic carbocycles. The molecule has 0 radical (unpaired) electrons.